The van der Waals surface area contributed by atoms with Crippen molar-refractivity contribution in [2.24, 2.45) is 0 Å². The van der Waals surface area contributed by atoms with Gasteiger partial charge in [-0.05, 0) is 45.9 Å². The standard InChI is InChI=1S/C24H51N3O/c1-5-8-9-10-11-12-13-14-15-16-18-23(4)26-24(28)19-22-27(7-3)21-17-20-25-6-2/h23,25H,5-22H2,1-4H3,(H,26,28). The van der Waals surface area contributed by atoms with Crippen LogP contribution in [0, 0.1) is 0 Å². The van der Waals surface area contributed by atoms with Crippen LogP contribution in [0.1, 0.15) is 111 Å². The Morgan fingerprint density at radius 3 is 2.00 bits per heavy atom. The largest absolute Gasteiger partial charge is 0.354 e. The summed E-state index contributed by atoms with van der Waals surface area (Å²) in [6.07, 6.45) is 16.6. The maximum atomic E-state index is 12.2. The molecule has 0 heterocycles. The van der Waals surface area contributed by atoms with E-state index in [1.807, 2.05) is 0 Å². The van der Waals surface area contributed by atoms with Gasteiger partial charge >= 0.3 is 0 Å². The van der Waals surface area contributed by atoms with Crippen molar-refractivity contribution in [1.82, 2.24) is 15.5 Å². The normalized spacial score (nSPS) is 12.5. The van der Waals surface area contributed by atoms with E-state index in [4.69, 9.17) is 0 Å². The maximum absolute atomic E-state index is 12.2. The first-order chi connectivity index (χ1) is 13.6. The lowest BCUT2D eigenvalue weighted by Crippen LogP contribution is -2.36. The molecule has 0 fully saturated rings. The Labute approximate surface area is 176 Å². The predicted molar refractivity (Wildman–Crippen MR) is 124 cm³/mol. The van der Waals surface area contributed by atoms with Crippen LogP contribution in [-0.4, -0.2) is 49.6 Å². The number of nitrogens with zero attached hydrogens (tertiary/aromatic N) is 1. The smallest absolute Gasteiger partial charge is 0.221 e. The molecule has 0 rings (SSSR count). The van der Waals surface area contributed by atoms with Gasteiger partial charge in [0.05, 0.1) is 0 Å². The van der Waals surface area contributed by atoms with Crippen molar-refractivity contribution >= 4 is 5.91 Å². The minimum atomic E-state index is 0.213. The predicted octanol–water partition coefficient (Wildman–Crippen LogP) is 5.51. The lowest BCUT2D eigenvalue weighted by atomic mass is 10.0. The molecule has 0 aliphatic heterocycles. The number of amides is 1. The maximum Gasteiger partial charge on any atom is 0.221 e. The molecular formula is C24H51N3O. The Hall–Kier alpha value is -0.610. The number of hydrogen-bond donors (Lipinski definition) is 2. The molecule has 0 aliphatic carbocycles. The van der Waals surface area contributed by atoms with Gasteiger partial charge in [-0.1, -0.05) is 85.0 Å². The van der Waals surface area contributed by atoms with Crippen molar-refractivity contribution < 1.29 is 4.79 Å². The minimum absolute atomic E-state index is 0.213. The number of nitrogens with one attached hydrogen (secondary N) is 2. The first-order valence-corrected chi connectivity index (χ1v) is 12.4. The van der Waals surface area contributed by atoms with Crippen molar-refractivity contribution in [3.63, 3.8) is 0 Å². The van der Waals surface area contributed by atoms with Crippen LogP contribution in [0.3, 0.4) is 0 Å². The van der Waals surface area contributed by atoms with E-state index in [0.717, 1.165) is 45.6 Å². The fourth-order valence-corrected chi connectivity index (χ4v) is 3.65. The molecule has 1 atom stereocenters. The molecule has 4 nitrogen and oxygen atoms in total. The third kappa shape index (κ3) is 18.7. The van der Waals surface area contributed by atoms with Crippen LogP contribution in [-0.2, 0) is 4.79 Å². The van der Waals surface area contributed by atoms with Gasteiger partial charge in [0.2, 0.25) is 5.91 Å². The van der Waals surface area contributed by atoms with Gasteiger partial charge in [0.15, 0.2) is 0 Å². The summed E-state index contributed by atoms with van der Waals surface area (Å²) in [6, 6.07) is 0.311. The van der Waals surface area contributed by atoms with Crippen LogP contribution in [0.2, 0.25) is 0 Å². The van der Waals surface area contributed by atoms with Crippen LogP contribution in [0.15, 0.2) is 0 Å². The molecule has 0 spiro atoms. The highest BCUT2D eigenvalue weighted by molar-refractivity contribution is 5.76. The van der Waals surface area contributed by atoms with E-state index in [0.29, 0.717) is 12.5 Å². The van der Waals surface area contributed by atoms with E-state index in [1.165, 1.54) is 64.2 Å². The summed E-state index contributed by atoms with van der Waals surface area (Å²) < 4.78 is 0. The van der Waals surface area contributed by atoms with Crippen molar-refractivity contribution in [3.8, 4) is 0 Å². The Bertz CT molecular complexity index is 336. The Morgan fingerprint density at radius 1 is 0.821 bits per heavy atom. The third-order valence-corrected chi connectivity index (χ3v) is 5.58. The molecule has 4 heteroatoms. The van der Waals surface area contributed by atoms with Crippen molar-refractivity contribution in [2.75, 3.05) is 32.7 Å². The van der Waals surface area contributed by atoms with Gasteiger partial charge in [-0.25, -0.2) is 0 Å². The average molecular weight is 398 g/mol. The third-order valence-electron chi connectivity index (χ3n) is 5.58. The summed E-state index contributed by atoms with van der Waals surface area (Å²) in [5.41, 5.74) is 0. The molecule has 1 unspecified atom stereocenters. The highest BCUT2D eigenvalue weighted by Gasteiger charge is 2.09. The second-order valence-electron chi connectivity index (χ2n) is 8.33. The number of carbonyl (C=O) groups excluding carboxylic acids is 1. The number of rotatable bonds is 21. The number of carbonyl (C=O) groups is 1. The Balaban J connectivity index is 3.56. The molecule has 28 heavy (non-hydrogen) atoms. The second-order valence-corrected chi connectivity index (χ2v) is 8.33. The monoisotopic (exact) mass is 397 g/mol. The number of hydrogen-bond acceptors (Lipinski definition) is 3. The average Bonchev–Trinajstić information content (AvgIpc) is 2.68. The first-order valence-electron chi connectivity index (χ1n) is 12.4. The van der Waals surface area contributed by atoms with Gasteiger partial charge in [0, 0.05) is 19.0 Å². The van der Waals surface area contributed by atoms with Gasteiger partial charge in [0.25, 0.3) is 0 Å². The zero-order valence-electron chi connectivity index (χ0n) is 19.7. The molecule has 2 N–H and O–H groups in total. The topological polar surface area (TPSA) is 44.4 Å². The van der Waals surface area contributed by atoms with Gasteiger partial charge in [-0.15, -0.1) is 0 Å². The van der Waals surface area contributed by atoms with E-state index in [9.17, 15) is 4.79 Å². The molecule has 0 aliphatic rings. The fourth-order valence-electron chi connectivity index (χ4n) is 3.65. The van der Waals surface area contributed by atoms with E-state index in [1.54, 1.807) is 0 Å². The highest BCUT2D eigenvalue weighted by atomic mass is 16.1. The lowest BCUT2D eigenvalue weighted by Gasteiger charge is -2.21. The van der Waals surface area contributed by atoms with Crippen molar-refractivity contribution in [2.45, 2.75) is 117 Å². The van der Waals surface area contributed by atoms with Crippen LogP contribution in [0.4, 0.5) is 0 Å². The van der Waals surface area contributed by atoms with Crippen molar-refractivity contribution in [1.29, 1.82) is 0 Å². The SMILES string of the molecule is CCCCCCCCCCCCC(C)NC(=O)CCN(CC)CCCNCC. The van der Waals surface area contributed by atoms with Gasteiger partial charge in [-0.2, -0.15) is 0 Å². The molecule has 0 bridgehead atoms. The van der Waals surface area contributed by atoms with Crippen LogP contribution in [0.5, 0.6) is 0 Å². The van der Waals surface area contributed by atoms with E-state index in [2.05, 4.69) is 43.2 Å². The summed E-state index contributed by atoms with van der Waals surface area (Å²) in [5, 5.41) is 6.55. The second kappa shape index (κ2) is 21.1. The molecular weight excluding hydrogens is 346 g/mol. The zero-order chi connectivity index (χ0) is 20.9. The van der Waals surface area contributed by atoms with Crippen LogP contribution in [0.25, 0.3) is 0 Å². The summed E-state index contributed by atoms with van der Waals surface area (Å²) in [5.74, 6) is 0.213. The highest BCUT2D eigenvalue weighted by Crippen LogP contribution is 2.12. The van der Waals surface area contributed by atoms with E-state index >= 15 is 0 Å². The quantitative estimate of drug-likeness (QED) is 0.251. The van der Waals surface area contributed by atoms with Gasteiger partial charge in [-0.3, -0.25) is 4.79 Å². The van der Waals surface area contributed by atoms with E-state index in [-0.39, 0.29) is 5.91 Å². The van der Waals surface area contributed by atoms with Crippen LogP contribution >= 0.6 is 0 Å². The fraction of sp³-hybridized carbons (Fsp3) is 0.958. The summed E-state index contributed by atoms with van der Waals surface area (Å²) in [6.45, 7) is 13.8. The Kier molecular flexibility index (Phi) is 20.6. The molecule has 0 saturated heterocycles. The van der Waals surface area contributed by atoms with E-state index < -0.39 is 0 Å². The summed E-state index contributed by atoms with van der Waals surface area (Å²) >= 11 is 0. The van der Waals surface area contributed by atoms with Crippen molar-refractivity contribution in [3.05, 3.63) is 0 Å². The summed E-state index contributed by atoms with van der Waals surface area (Å²) in [4.78, 5) is 14.6. The molecule has 168 valence electrons. The van der Waals surface area contributed by atoms with Gasteiger partial charge < -0.3 is 15.5 Å². The number of unbranched alkanes of at least 4 members (excludes halogenated alkanes) is 9. The molecule has 0 saturated carbocycles. The molecule has 0 aromatic rings. The first kappa shape index (κ1) is 27.4. The summed E-state index contributed by atoms with van der Waals surface area (Å²) in [7, 11) is 0. The molecule has 0 radical (unpaired) electrons. The van der Waals surface area contributed by atoms with Gasteiger partial charge in [0.1, 0.15) is 0 Å². The molecule has 1 amide bonds. The van der Waals surface area contributed by atoms with Crippen LogP contribution < -0.4 is 10.6 Å². The molecule has 0 aromatic heterocycles. The Morgan fingerprint density at radius 2 is 1.43 bits per heavy atom. The zero-order valence-corrected chi connectivity index (χ0v) is 19.7. The minimum Gasteiger partial charge on any atom is -0.354 e. The molecule has 0 aromatic carbocycles. The lowest BCUT2D eigenvalue weighted by molar-refractivity contribution is -0.122.